The van der Waals surface area contributed by atoms with Crippen LogP contribution in [0.3, 0.4) is 0 Å². The van der Waals surface area contributed by atoms with Gasteiger partial charge >= 0.3 is 11.4 Å². The van der Waals surface area contributed by atoms with Crippen LogP contribution < -0.4 is 24.8 Å². The zero-order valence-electron chi connectivity index (χ0n) is 20.1. The largest absolute Gasteiger partial charge is 0.497 e. The molecule has 1 unspecified atom stereocenters. The van der Waals surface area contributed by atoms with E-state index in [2.05, 4.69) is 10.6 Å². The fraction of sp³-hybridized carbons (Fsp3) is 0.320. The highest BCUT2D eigenvalue weighted by molar-refractivity contribution is 8.13. The van der Waals surface area contributed by atoms with Crippen molar-refractivity contribution in [2.24, 2.45) is 5.92 Å². The molecule has 2 aromatic rings. The molecule has 2 aromatic carbocycles. The normalized spacial score (nSPS) is 11.7. The number of nitrogens with one attached hydrogen (secondary N) is 2. The first-order valence-electron chi connectivity index (χ1n) is 10.8. The highest BCUT2D eigenvalue weighted by atomic mass is 32.2. The summed E-state index contributed by atoms with van der Waals surface area (Å²) in [5, 5.41) is 13.1. The van der Waals surface area contributed by atoms with Crippen LogP contribution in [-0.2, 0) is 4.79 Å². The third-order valence-corrected chi connectivity index (χ3v) is 5.50. The standard InChI is InChI=1S/C25H30N2O7S/c1-16(2)22(27-24(29)30)23(28)26-11-12-35-25(31)34-19-9-7-17(8-10-19)5-6-18-13-20(32-3)15-21(14-18)33-4/h5-10,13-16,22,27H,11-12H2,1-4H3,(H,26,28)(H,29,30)/b6-5+. The fourth-order valence-electron chi connectivity index (χ4n) is 2.98. The van der Waals surface area contributed by atoms with Crippen LogP contribution in [0.2, 0.25) is 0 Å². The predicted molar refractivity (Wildman–Crippen MR) is 136 cm³/mol. The van der Waals surface area contributed by atoms with Crippen LogP contribution in [0.15, 0.2) is 42.5 Å². The molecule has 0 aliphatic rings. The molecule has 0 saturated heterocycles. The van der Waals surface area contributed by atoms with Crippen molar-refractivity contribution in [1.29, 1.82) is 0 Å². The molecule has 0 fully saturated rings. The molecule has 0 aliphatic heterocycles. The summed E-state index contributed by atoms with van der Waals surface area (Å²) in [6.07, 6.45) is 2.58. The lowest BCUT2D eigenvalue weighted by Gasteiger charge is -2.19. The lowest BCUT2D eigenvalue weighted by atomic mass is 10.0. The number of hydrogen-bond acceptors (Lipinski definition) is 7. The van der Waals surface area contributed by atoms with E-state index in [0.29, 0.717) is 17.2 Å². The Kier molecular flexibility index (Phi) is 11.0. The monoisotopic (exact) mass is 502 g/mol. The zero-order chi connectivity index (χ0) is 25.8. The molecule has 35 heavy (non-hydrogen) atoms. The number of benzene rings is 2. The van der Waals surface area contributed by atoms with E-state index < -0.39 is 23.3 Å². The van der Waals surface area contributed by atoms with E-state index in [0.717, 1.165) is 22.9 Å². The lowest BCUT2D eigenvalue weighted by molar-refractivity contribution is -0.123. The summed E-state index contributed by atoms with van der Waals surface area (Å²) in [5.74, 6) is 1.43. The molecule has 0 aromatic heterocycles. The van der Waals surface area contributed by atoms with Gasteiger partial charge in [0.1, 0.15) is 23.3 Å². The summed E-state index contributed by atoms with van der Waals surface area (Å²) in [5.41, 5.74) is 1.83. The minimum absolute atomic E-state index is 0.196. The number of rotatable bonds is 11. The maximum atomic E-state index is 12.1. The quantitative estimate of drug-likeness (QED) is 0.233. The molecule has 0 saturated carbocycles. The molecule has 0 aliphatic carbocycles. The van der Waals surface area contributed by atoms with Crippen molar-refractivity contribution in [3.63, 3.8) is 0 Å². The van der Waals surface area contributed by atoms with Crippen molar-refractivity contribution < 1.29 is 33.7 Å². The van der Waals surface area contributed by atoms with Crippen molar-refractivity contribution in [3.8, 4) is 17.2 Å². The summed E-state index contributed by atoms with van der Waals surface area (Å²) in [6, 6.07) is 11.7. The Balaban J connectivity index is 1.81. The number of methoxy groups -OCH3 is 2. The summed E-state index contributed by atoms with van der Waals surface area (Å²) < 4.78 is 15.8. The van der Waals surface area contributed by atoms with E-state index in [1.54, 1.807) is 46.3 Å². The van der Waals surface area contributed by atoms with E-state index in [9.17, 15) is 14.4 Å². The minimum Gasteiger partial charge on any atom is -0.497 e. The number of carbonyl (C=O) groups excluding carboxylic acids is 2. The Hall–Kier alpha value is -3.66. The van der Waals surface area contributed by atoms with Gasteiger partial charge in [-0.25, -0.2) is 9.59 Å². The Morgan fingerprint density at radius 3 is 2.09 bits per heavy atom. The molecule has 9 nitrogen and oxygen atoms in total. The summed E-state index contributed by atoms with van der Waals surface area (Å²) in [7, 11) is 3.19. The lowest BCUT2D eigenvalue weighted by Crippen LogP contribution is -2.49. The molecule has 3 N–H and O–H groups in total. The number of amides is 2. The topological polar surface area (TPSA) is 123 Å². The molecule has 10 heteroatoms. The molecule has 0 radical (unpaired) electrons. The maximum absolute atomic E-state index is 12.1. The minimum atomic E-state index is -1.26. The number of hydrogen-bond donors (Lipinski definition) is 3. The van der Waals surface area contributed by atoms with E-state index in [1.807, 2.05) is 36.4 Å². The van der Waals surface area contributed by atoms with Crippen LogP contribution in [0.4, 0.5) is 9.59 Å². The average molecular weight is 503 g/mol. The van der Waals surface area contributed by atoms with Crippen LogP contribution in [0.1, 0.15) is 25.0 Å². The molecule has 188 valence electrons. The van der Waals surface area contributed by atoms with Gasteiger partial charge in [-0.2, -0.15) is 0 Å². The number of ether oxygens (including phenoxy) is 3. The van der Waals surface area contributed by atoms with Gasteiger partial charge in [-0.05, 0) is 53.1 Å². The molecule has 0 heterocycles. The van der Waals surface area contributed by atoms with Gasteiger partial charge in [0.2, 0.25) is 5.91 Å². The first-order chi connectivity index (χ1) is 16.7. The van der Waals surface area contributed by atoms with Gasteiger partial charge in [0.25, 0.3) is 0 Å². The van der Waals surface area contributed by atoms with Crippen molar-refractivity contribution >= 4 is 41.2 Å². The molecular formula is C25H30N2O7S. The molecular weight excluding hydrogens is 472 g/mol. The number of carbonyl (C=O) groups is 3. The van der Waals surface area contributed by atoms with E-state index >= 15 is 0 Å². The molecule has 0 bridgehead atoms. The van der Waals surface area contributed by atoms with Gasteiger partial charge in [-0.1, -0.05) is 38.1 Å². The summed E-state index contributed by atoms with van der Waals surface area (Å²) >= 11 is 0.916. The molecule has 2 amide bonds. The second kappa shape index (κ2) is 13.9. The van der Waals surface area contributed by atoms with Crippen LogP contribution >= 0.6 is 11.8 Å². The third-order valence-electron chi connectivity index (χ3n) is 4.77. The van der Waals surface area contributed by atoms with Crippen LogP contribution in [0.25, 0.3) is 12.2 Å². The predicted octanol–water partition coefficient (Wildman–Crippen LogP) is 4.51. The van der Waals surface area contributed by atoms with Gasteiger partial charge < -0.3 is 30.0 Å². The van der Waals surface area contributed by atoms with Gasteiger partial charge in [0, 0.05) is 18.4 Å². The van der Waals surface area contributed by atoms with E-state index in [4.69, 9.17) is 19.3 Å². The first-order valence-corrected chi connectivity index (χ1v) is 11.8. The van der Waals surface area contributed by atoms with Gasteiger partial charge in [0.05, 0.1) is 14.2 Å². The van der Waals surface area contributed by atoms with Crippen LogP contribution in [-0.4, -0.2) is 55.0 Å². The number of thioether (sulfide) groups is 1. The Labute approximate surface area is 208 Å². The van der Waals surface area contributed by atoms with Gasteiger partial charge in [0.15, 0.2) is 0 Å². The van der Waals surface area contributed by atoms with Gasteiger partial charge in [-0.3, -0.25) is 4.79 Å². The van der Waals surface area contributed by atoms with Crippen LogP contribution in [0, 0.1) is 5.92 Å². The molecule has 2 rings (SSSR count). The van der Waals surface area contributed by atoms with Crippen molar-refractivity contribution in [3.05, 3.63) is 53.6 Å². The Morgan fingerprint density at radius 2 is 1.54 bits per heavy atom. The van der Waals surface area contributed by atoms with Crippen molar-refractivity contribution in [2.75, 3.05) is 26.5 Å². The van der Waals surface area contributed by atoms with Gasteiger partial charge in [-0.15, -0.1) is 0 Å². The summed E-state index contributed by atoms with van der Waals surface area (Å²) in [4.78, 5) is 35.0. The van der Waals surface area contributed by atoms with E-state index in [1.165, 1.54) is 0 Å². The van der Waals surface area contributed by atoms with Crippen molar-refractivity contribution in [1.82, 2.24) is 10.6 Å². The summed E-state index contributed by atoms with van der Waals surface area (Å²) in [6.45, 7) is 3.68. The highest BCUT2D eigenvalue weighted by Crippen LogP contribution is 2.24. The molecule has 1 atom stereocenters. The Bertz CT molecular complexity index is 1020. The van der Waals surface area contributed by atoms with Crippen LogP contribution in [0.5, 0.6) is 17.2 Å². The average Bonchev–Trinajstić information content (AvgIpc) is 2.84. The first kappa shape index (κ1) is 27.6. The second-order valence-corrected chi connectivity index (χ2v) is 8.74. The SMILES string of the molecule is COc1cc(/C=C/c2ccc(OC(=O)SCCNC(=O)C(NC(=O)O)C(C)C)cc2)cc(OC)c1. The fourth-order valence-corrected chi connectivity index (χ4v) is 3.50. The number of carboxylic acid groups (broad SMARTS) is 1. The van der Waals surface area contributed by atoms with E-state index in [-0.39, 0.29) is 18.2 Å². The maximum Gasteiger partial charge on any atom is 0.405 e. The Morgan fingerprint density at radius 1 is 0.943 bits per heavy atom. The highest BCUT2D eigenvalue weighted by Gasteiger charge is 2.23. The molecule has 0 spiro atoms. The van der Waals surface area contributed by atoms with Crippen molar-refractivity contribution in [2.45, 2.75) is 19.9 Å². The zero-order valence-corrected chi connectivity index (χ0v) is 20.9. The third kappa shape index (κ3) is 9.62. The smallest absolute Gasteiger partial charge is 0.405 e. The second-order valence-electron chi connectivity index (χ2n) is 7.71.